The van der Waals surface area contributed by atoms with E-state index in [1.807, 2.05) is 0 Å². The summed E-state index contributed by atoms with van der Waals surface area (Å²) in [6.07, 6.45) is 4.53. The summed E-state index contributed by atoms with van der Waals surface area (Å²) in [6.45, 7) is 7.06. The molecular formula is C33H31Cl2FN2O5. The highest BCUT2D eigenvalue weighted by molar-refractivity contribution is 6.30. The number of allylic oxidation sites excluding steroid dienone is 3. The average molecular weight is 626 g/mol. The molecule has 0 aliphatic carbocycles. The molecule has 0 saturated carbocycles. The Kier molecular flexibility index (Phi) is 9.57. The van der Waals surface area contributed by atoms with Crippen LogP contribution in [0.1, 0.15) is 65.3 Å². The van der Waals surface area contributed by atoms with Crippen LogP contribution in [0.5, 0.6) is 0 Å². The Labute approximate surface area is 259 Å². The Morgan fingerprint density at radius 1 is 1.16 bits per heavy atom. The van der Waals surface area contributed by atoms with Gasteiger partial charge >= 0.3 is 5.97 Å². The maximum Gasteiger partial charge on any atom is 0.305 e. The fourth-order valence-corrected chi connectivity index (χ4v) is 5.89. The number of carbonyl (C=O) groups excluding carboxylic acids is 1. The van der Waals surface area contributed by atoms with Crippen LogP contribution in [0, 0.1) is 5.82 Å². The first kappa shape index (κ1) is 32.1. The van der Waals surface area contributed by atoms with Crippen LogP contribution in [-0.4, -0.2) is 40.8 Å². The molecular weight excluding hydrogens is 594 g/mol. The van der Waals surface area contributed by atoms with Gasteiger partial charge in [0, 0.05) is 22.7 Å². The molecule has 43 heavy (non-hydrogen) atoms. The number of fused-ring (bicyclic) bond motifs is 1. The van der Waals surface area contributed by atoms with E-state index in [1.54, 1.807) is 80.6 Å². The van der Waals surface area contributed by atoms with E-state index < -0.39 is 41.5 Å². The quantitative estimate of drug-likeness (QED) is 0.171. The number of aliphatic imine (C=N–C) groups is 1. The zero-order valence-electron chi connectivity index (χ0n) is 23.9. The Balaban J connectivity index is 2.07. The largest absolute Gasteiger partial charge is 0.481 e. The molecule has 0 aromatic heterocycles. The average Bonchev–Trinajstić information content (AvgIpc) is 3.25. The minimum Gasteiger partial charge on any atom is -0.481 e. The Morgan fingerprint density at radius 3 is 2.28 bits per heavy atom. The van der Waals surface area contributed by atoms with Crippen LogP contribution in [0.15, 0.2) is 89.6 Å². The number of hydrogen-bond donors (Lipinski definition) is 2. The fraction of sp³-hybridized carbons (Fsp3) is 0.242. The molecule has 1 aliphatic heterocycles. The maximum atomic E-state index is 16.6. The summed E-state index contributed by atoms with van der Waals surface area (Å²) in [5, 5.41) is 22.6. The van der Waals surface area contributed by atoms with Gasteiger partial charge in [-0.25, -0.2) is 4.39 Å². The van der Waals surface area contributed by atoms with Gasteiger partial charge < -0.3 is 14.9 Å². The van der Waals surface area contributed by atoms with E-state index in [1.165, 1.54) is 18.1 Å². The molecule has 10 heteroatoms. The smallest absolute Gasteiger partial charge is 0.305 e. The molecule has 0 radical (unpaired) electrons. The fourth-order valence-electron chi connectivity index (χ4n) is 5.64. The van der Waals surface area contributed by atoms with E-state index in [2.05, 4.69) is 11.7 Å². The molecule has 224 valence electrons. The van der Waals surface area contributed by atoms with Crippen molar-refractivity contribution in [3.63, 3.8) is 0 Å². The van der Waals surface area contributed by atoms with E-state index in [0.29, 0.717) is 21.2 Å². The molecule has 0 spiro atoms. The van der Waals surface area contributed by atoms with Crippen LogP contribution in [0.3, 0.4) is 0 Å². The maximum absolute atomic E-state index is 16.6. The predicted octanol–water partition coefficient (Wildman–Crippen LogP) is 7.41. The van der Waals surface area contributed by atoms with Crippen molar-refractivity contribution in [2.24, 2.45) is 4.99 Å². The number of carbonyl (C=O) groups is 2. The van der Waals surface area contributed by atoms with Gasteiger partial charge in [-0.1, -0.05) is 66.5 Å². The zero-order valence-corrected chi connectivity index (χ0v) is 25.4. The van der Waals surface area contributed by atoms with E-state index in [0.717, 1.165) is 6.07 Å². The predicted molar refractivity (Wildman–Crippen MR) is 165 cm³/mol. The summed E-state index contributed by atoms with van der Waals surface area (Å²) in [5.41, 5.74) is -2.89. The van der Waals surface area contributed by atoms with Crippen molar-refractivity contribution in [3.8, 4) is 0 Å². The number of halogens is 3. The first-order valence-electron chi connectivity index (χ1n) is 13.5. The lowest BCUT2D eigenvalue weighted by Crippen LogP contribution is -2.49. The lowest BCUT2D eigenvalue weighted by atomic mass is 9.84. The van der Waals surface area contributed by atoms with Gasteiger partial charge in [-0.2, -0.15) is 0 Å². The molecule has 4 rings (SSSR count). The highest BCUT2D eigenvalue weighted by atomic mass is 35.5. The number of nitrogens with zero attached hydrogens (tertiary/aromatic N) is 2. The van der Waals surface area contributed by atoms with Crippen molar-refractivity contribution in [2.45, 2.75) is 44.1 Å². The molecule has 0 bridgehead atoms. The van der Waals surface area contributed by atoms with Gasteiger partial charge in [-0.3, -0.25) is 19.5 Å². The number of amides is 1. The number of benzene rings is 3. The Morgan fingerprint density at radius 2 is 1.77 bits per heavy atom. The van der Waals surface area contributed by atoms with Crippen molar-refractivity contribution in [3.05, 3.63) is 128 Å². The molecule has 2 N–H and O–H groups in total. The third-order valence-electron chi connectivity index (χ3n) is 7.71. The number of aliphatic hydroxyl groups is 1. The number of aliphatic carboxylic acids is 1. The second-order valence-corrected chi connectivity index (χ2v) is 10.9. The number of rotatable bonds is 11. The normalized spacial score (nSPS) is 18.9. The van der Waals surface area contributed by atoms with Gasteiger partial charge in [-0.15, -0.1) is 0 Å². The molecule has 0 fully saturated rings. The lowest BCUT2D eigenvalue weighted by molar-refractivity contribution is -0.142. The Hall–Kier alpha value is -3.82. The Bertz CT molecular complexity index is 1610. The molecule has 7 nitrogen and oxygen atoms in total. The molecule has 0 saturated heterocycles. The third kappa shape index (κ3) is 5.63. The van der Waals surface area contributed by atoms with Gasteiger partial charge in [0.05, 0.1) is 29.3 Å². The molecule has 1 amide bonds. The van der Waals surface area contributed by atoms with Crippen LogP contribution in [0.2, 0.25) is 10.0 Å². The highest BCUT2D eigenvalue weighted by Crippen LogP contribution is 2.52. The van der Waals surface area contributed by atoms with Crippen LogP contribution in [0.4, 0.5) is 4.39 Å². The minimum absolute atomic E-state index is 0.0759. The van der Waals surface area contributed by atoms with Gasteiger partial charge in [-0.05, 0) is 73.7 Å². The lowest BCUT2D eigenvalue weighted by Gasteiger charge is -2.42. The van der Waals surface area contributed by atoms with Crippen molar-refractivity contribution in [1.82, 2.24) is 4.90 Å². The summed E-state index contributed by atoms with van der Waals surface area (Å²) in [4.78, 5) is 31.9. The summed E-state index contributed by atoms with van der Waals surface area (Å²) in [6, 6.07) is 14.2. The summed E-state index contributed by atoms with van der Waals surface area (Å²) < 4.78 is 22.7. The van der Waals surface area contributed by atoms with E-state index in [9.17, 15) is 19.8 Å². The van der Waals surface area contributed by atoms with E-state index in [-0.39, 0.29) is 28.8 Å². The van der Waals surface area contributed by atoms with Crippen molar-refractivity contribution in [1.29, 1.82) is 0 Å². The van der Waals surface area contributed by atoms with Crippen molar-refractivity contribution < 1.29 is 28.9 Å². The number of hydrogen-bond acceptors (Lipinski definition) is 5. The summed E-state index contributed by atoms with van der Waals surface area (Å²) >= 11 is 12.3. The monoisotopic (exact) mass is 624 g/mol. The van der Waals surface area contributed by atoms with E-state index in [4.69, 9.17) is 27.9 Å². The van der Waals surface area contributed by atoms with Gasteiger partial charge in [0.25, 0.3) is 5.91 Å². The molecule has 1 aliphatic rings. The molecule has 3 atom stereocenters. The second kappa shape index (κ2) is 12.8. The minimum atomic E-state index is -1.90. The molecule has 3 aromatic carbocycles. The van der Waals surface area contributed by atoms with Crippen molar-refractivity contribution in [2.75, 3.05) is 7.11 Å². The van der Waals surface area contributed by atoms with Crippen LogP contribution in [-0.2, 0) is 20.9 Å². The number of carboxylic acids is 1. The number of carboxylic acid groups (broad SMARTS) is 1. The standard InChI is InChI=1S/C33H31Cl2FN2O5/c1-5-7-8-28(37-3)32(42,6-2)22-17-25-30(26(36)18-22)33(43-4,21-11-15-24(35)16-12-21)38(31(25)41)27(19-29(39)40)20-9-13-23(34)14-10-20/h5,7-18,27,42H,3,6,19H2,1-2,4H3,(H,39,40)/b7-5-,28-8-/t27-,32?,33+/m0/s1. The van der Waals surface area contributed by atoms with Crippen molar-refractivity contribution >= 4 is 41.8 Å². The first-order valence-corrected chi connectivity index (χ1v) is 14.2. The highest BCUT2D eigenvalue weighted by Gasteiger charge is 2.57. The summed E-state index contributed by atoms with van der Waals surface area (Å²) in [5.74, 6) is -2.73. The third-order valence-corrected chi connectivity index (χ3v) is 8.22. The number of ether oxygens (including phenoxy) is 1. The number of methoxy groups -OCH3 is 1. The molecule has 3 aromatic rings. The molecule has 1 unspecified atom stereocenters. The SMILES string of the molecule is C=N/C(=C\C=C/C)C(O)(CC)c1cc(F)c2c(c1)C(=O)N([C@@H](CC(=O)O)c1ccc(Cl)cc1)[C@@]2(OC)c1ccc(Cl)cc1. The second-order valence-electron chi connectivity index (χ2n) is 10.0. The topological polar surface area (TPSA) is 99.4 Å². The van der Waals surface area contributed by atoms with Gasteiger partial charge in [0.2, 0.25) is 0 Å². The summed E-state index contributed by atoms with van der Waals surface area (Å²) in [7, 11) is 1.32. The van der Waals surface area contributed by atoms with Gasteiger partial charge in [0.15, 0.2) is 5.72 Å². The van der Waals surface area contributed by atoms with Crippen LogP contribution < -0.4 is 0 Å². The van der Waals surface area contributed by atoms with Gasteiger partial charge in [0.1, 0.15) is 11.4 Å². The van der Waals surface area contributed by atoms with E-state index >= 15 is 4.39 Å². The van der Waals surface area contributed by atoms with Crippen LogP contribution in [0.25, 0.3) is 0 Å². The first-order chi connectivity index (χ1) is 20.5. The van der Waals surface area contributed by atoms with Crippen LogP contribution >= 0.6 is 23.2 Å². The molecule has 1 heterocycles. The zero-order chi connectivity index (χ0) is 31.5.